The number of H-pyrrole nitrogens is 1. The third-order valence-electron chi connectivity index (χ3n) is 5.25. The Bertz CT molecular complexity index is 1150. The van der Waals surface area contributed by atoms with Crippen LogP contribution in [0, 0.1) is 5.92 Å². The summed E-state index contributed by atoms with van der Waals surface area (Å²) in [5, 5.41) is 1.81. The largest absolute Gasteiger partial charge is 0.459 e. The lowest BCUT2D eigenvalue weighted by molar-refractivity contribution is -0.148. The Kier molecular flexibility index (Phi) is 6.26. The predicted octanol–water partition coefficient (Wildman–Crippen LogP) is 6.96. The molecule has 3 nitrogen and oxygen atoms in total. The van der Waals surface area contributed by atoms with Crippen LogP contribution >= 0.6 is 22.9 Å². The van der Waals surface area contributed by atoms with Gasteiger partial charge in [0, 0.05) is 20.8 Å². The van der Waals surface area contributed by atoms with Gasteiger partial charge in [0.2, 0.25) is 0 Å². The third-order valence-corrected chi connectivity index (χ3v) is 6.67. The molecule has 5 heteroatoms. The van der Waals surface area contributed by atoms with E-state index in [0.29, 0.717) is 5.02 Å². The van der Waals surface area contributed by atoms with Crippen LogP contribution in [-0.2, 0) is 22.6 Å². The summed E-state index contributed by atoms with van der Waals surface area (Å²) in [7, 11) is 0. The molecule has 1 atom stereocenters. The highest BCUT2D eigenvalue weighted by Crippen LogP contribution is 2.36. The Balaban J connectivity index is 1.48. The molecule has 0 radical (unpaired) electrons. The van der Waals surface area contributed by atoms with Gasteiger partial charge in [-0.2, -0.15) is 0 Å². The number of hydrogen-bond acceptors (Lipinski definition) is 3. The average Bonchev–Trinajstić information content (AvgIpc) is 3.33. The monoisotopic (exact) mass is 437 g/mol. The smallest absolute Gasteiger partial charge is 0.314 e. The fraction of sp³-hybridized carbons (Fsp3) is 0.240. The Morgan fingerprint density at radius 1 is 1.10 bits per heavy atom. The van der Waals surface area contributed by atoms with Gasteiger partial charge in [-0.05, 0) is 53.1 Å². The molecule has 154 valence electrons. The number of aromatic amines is 1. The van der Waals surface area contributed by atoms with Gasteiger partial charge in [0.1, 0.15) is 6.61 Å². The van der Waals surface area contributed by atoms with Gasteiger partial charge in [0.25, 0.3) is 0 Å². The first-order valence-corrected chi connectivity index (χ1v) is 11.3. The molecule has 30 heavy (non-hydrogen) atoms. The van der Waals surface area contributed by atoms with E-state index in [-0.39, 0.29) is 24.4 Å². The number of carbonyl (C=O) groups is 1. The number of carbonyl (C=O) groups excluding carboxylic acids is 1. The molecule has 2 aromatic carbocycles. The number of benzene rings is 2. The van der Waals surface area contributed by atoms with Gasteiger partial charge in [-0.3, -0.25) is 4.79 Å². The van der Waals surface area contributed by atoms with E-state index in [2.05, 4.69) is 37.0 Å². The summed E-state index contributed by atoms with van der Waals surface area (Å²) in [5.41, 5.74) is 3.32. The number of nitrogens with one attached hydrogen (secondary N) is 1. The number of fused-ring (bicyclic) bond motifs is 1. The molecule has 0 saturated carbocycles. The van der Waals surface area contributed by atoms with E-state index in [1.54, 1.807) is 11.3 Å². The molecule has 1 unspecified atom stereocenters. The van der Waals surface area contributed by atoms with Gasteiger partial charge in [-0.1, -0.05) is 61.8 Å². The zero-order valence-electron chi connectivity index (χ0n) is 17.0. The summed E-state index contributed by atoms with van der Waals surface area (Å²) in [6.07, 6.45) is 2.71. The maximum atomic E-state index is 13.0. The van der Waals surface area contributed by atoms with Crippen LogP contribution in [0.2, 0.25) is 5.02 Å². The lowest BCUT2D eigenvalue weighted by Crippen LogP contribution is -2.20. The van der Waals surface area contributed by atoms with Crippen molar-refractivity contribution >= 4 is 39.0 Å². The Morgan fingerprint density at radius 2 is 1.90 bits per heavy atom. The number of thiophene rings is 1. The van der Waals surface area contributed by atoms with Crippen molar-refractivity contribution in [2.75, 3.05) is 0 Å². The zero-order chi connectivity index (χ0) is 21.1. The Hall–Kier alpha value is -2.56. The molecule has 0 fully saturated rings. The van der Waals surface area contributed by atoms with Crippen LogP contribution in [0.5, 0.6) is 0 Å². The van der Waals surface area contributed by atoms with Crippen LogP contribution in [0.15, 0.2) is 66.9 Å². The molecule has 1 N–H and O–H groups in total. The van der Waals surface area contributed by atoms with Gasteiger partial charge in [-0.15, -0.1) is 11.3 Å². The maximum Gasteiger partial charge on any atom is 0.314 e. The molecule has 0 spiro atoms. The van der Waals surface area contributed by atoms with Crippen molar-refractivity contribution in [2.45, 2.75) is 32.8 Å². The summed E-state index contributed by atoms with van der Waals surface area (Å²) < 4.78 is 6.86. The normalized spacial score (nSPS) is 12.4. The summed E-state index contributed by atoms with van der Waals surface area (Å²) in [6.45, 7) is 4.35. The number of halogens is 1. The van der Waals surface area contributed by atoms with Crippen LogP contribution in [0.4, 0.5) is 0 Å². The summed E-state index contributed by atoms with van der Waals surface area (Å²) in [4.78, 5) is 17.3. The second-order valence-electron chi connectivity index (χ2n) is 7.80. The first kappa shape index (κ1) is 20.7. The molecule has 4 aromatic rings. The van der Waals surface area contributed by atoms with Crippen molar-refractivity contribution in [3.63, 3.8) is 0 Å². The minimum Gasteiger partial charge on any atom is -0.459 e. The Morgan fingerprint density at radius 3 is 2.67 bits per heavy atom. The fourth-order valence-corrected chi connectivity index (χ4v) is 5.28. The van der Waals surface area contributed by atoms with Crippen molar-refractivity contribution in [2.24, 2.45) is 5.92 Å². The van der Waals surface area contributed by atoms with E-state index in [1.807, 2.05) is 48.7 Å². The lowest BCUT2D eigenvalue weighted by atomic mass is 9.94. The molecule has 0 saturated heterocycles. The van der Waals surface area contributed by atoms with Gasteiger partial charge >= 0.3 is 5.97 Å². The Labute approximate surface area is 185 Å². The topological polar surface area (TPSA) is 42.1 Å². The number of rotatable bonds is 7. The van der Waals surface area contributed by atoms with Crippen LogP contribution in [0.1, 0.15) is 41.5 Å². The average molecular weight is 438 g/mol. The molecular weight excluding hydrogens is 414 g/mol. The van der Waals surface area contributed by atoms with Crippen LogP contribution in [0.3, 0.4) is 0 Å². The highest BCUT2D eigenvalue weighted by atomic mass is 35.5. The minimum atomic E-state index is -0.297. The lowest BCUT2D eigenvalue weighted by Gasteiger charge is -2.18. The van der Waals surface area contributed by atoms with E-state index < -0.39 is 0 Å². The van der Waals surface area contributed by atoms with Crippen LogP contribution in [0.25, 0.3) is 10.1 Å². The van der Waals surface area contributed by atoms with Gasteiger partial charge < -0.3 is 9.72 Å². The quantitative estimate of drug-likeness (QED) is 0.317. The molecule has 0 aliphatic rings. The van der Waals surface area contributed by atoms with E-state index in [9.17, 15) is 4.79 Å². The summed E-state index contributed by atoms with van der Waals surface area (Å²) >= 11 is 7.74. The highest BCUT2D eigenvalue weighted by molar-refractivity contribution is 7.19. The second-order valence-corrected chi connectivity index (χ2v) is 9.36. The maximum absolute atomic E-state index is 13.0. The molecule has 0 aliphatic heterocycles. The summed E-state index contributed by atoms with van der Waals surface area (Å²) in [6, 6.07) is 20.2. The number of esters is 1. The first-order chi connectivity index (χ1) is 14.5. The van der Waals surface area contributed by atoms with Crippen LogP contribution in [-0.4, -0.2) is 11.0 Å². The van der Waals surface area contributed by atoms with Crippen molar-refractivity contribution < 1.29 is 9.53 Å². The van der Waals surface area contributed by atoms with E-state index in [0.717, 1.165) is 32.6 Å². The van der Waals surface area contributed by atoms with Gasteiger partial charge in [-0.25, -0.2) is 0 Å². The van der Waals surface area contributed by atoms with Crippen molar-refractivity contribution in [3.8, 4) is 0 Å². The molecule has 2 heterocycles. The molecule has 4 rings (SSSR count). The molecule has 0 bridgehead atoms. The van der Waals surface area contributed by atoms with E-state index in [4.69, 9.17) is 16.3 Å². The standard InChI is InChI=1S/C25H24ClNO2S/c1-16(2)24(23-13-19-8-9-20(26)14-22(19)30-23)25(28)29-15-21-18(10-11-27-21)12-17-6-4-3-5-7-17/h3-11,13-14,16,24,27H,12,15H2,1-2H3. The van der Waals surface area contributed by atoms with Crippen molar-refractivity contribution in [1.82, 2.24) is 4.98 Å². The third kappa shape index (κ3) is 4.61. The molecule has 0 aliphatic carbocycles. The number of aromatic nitrogens is 1. The summed E-state index contributed by atoms with van der Waals surface area (Å²) in [5.74, 6) is -0.356. The van der Waals surface area contributed by atoms with Crippen molar-refractivity contribution in [3.05, 3.63) is 93.6 Å². The van der Waals surface area contributed by atoms with E-state index >= 15 is 0 Å². The number of hydrogen-bond donors (Lipinski definition) is 1. The van der Waals surface area contributed by atoms with E-state index in [1.165, 1.54) is 5.56 Å². The van der Waals surface area contributed by atoms with Crippen molar-refractivity contribution in [1.29, 1.82) is 0 Å². The number of ether oxygens (including phenoxy) is 1. The molecule has 2 aromatic heterocycles. The predicted molar refractivity (Wildman–Crippen MR) is 124 cm³/mol. The second kappa shape index (κ2) is 9.07. The highest BCUT2D eigenvalue weighted by Gasteiger charge is 2.28. The molecule has 0 amide bonds. The van der Waals surface area contributed by atoms with Gasteiger partial charge in [0.15, 0.2) is 0 Å². The fourth-order valence-electron chi connectivity index (χ4n) is 3.68. The SMILES string of the molecule is CC(C)C(C(=O)OCc1[nH]ccc1Cc1ccccc1)c1cc2ccc(Cl)cc2s1. The first-order valence-electron chi connectivity index (χ1n) is 10.1. The zero-order valence-corrected chi connectivity index (χ0v) is 18.6. The van der Waals surface area contributed by atoms with Gasteiger partial charge in [0.05, 0.1) is 11.6 Å². The molecular formula is C25H24ClNO2S. The van der Waals surface area contributed by atoms with Crippen LogP contribution < -0.4 is 0 Å². The minimum absolute atomic E-state index is 0.133.